The van der Waals surface area contributed by atoms with E-state index in [1.54, 1.807) is 9.96 Å². The zero-order valence-electron chi connectivity index (χ0n) is 16.7. The van der Waals surface area contributed by atoms with Gasteiger partial charge in [0, 0.05) is 13.0 Å². The highest BCUT2D eigenvalue weighted by molar-refractivity contribution is 5.70. The fraction of sp³-hybridized carbons (Fsp3) is 0.650. The van der Waals surface area contributed by atoms with Crippen molar-refractivity contribution in [1.82, 2.24) is 9.96 Å². The molecule has 1 amide bonds. The second-order valence-corrected chi connectivity index (χ2v) is 8.60. The van der Waals surface area contributed by atoms with Crippen LogP contribution >= 0.6 is 0 Å². The Morgan fingerprint density at radius 2 is 1.93 bits per heavy atom. The van der Waals surface area contributed by atoms with Crippen LogP contribution in [0.2, 0.25) is 0 Å². The van der Waals surface area contributed by atoms with Gasteiger partial charge in [-0.05, 0) is 40.2 Å². The van der Waals surface area contributed by atoms with Crippen molar-refractivity contribution in [2.45, 2.75) is 77.3 Å². The molecule has 1 unspecified atom stereocenters. The van der Waals surface area contributed by atoms with Gasteiger partial charge in [-0.3, -0.25) is 9.74 Å². The molecule has 0 saturated carbocycles. The van der Waals surface area contributed by atoms with Crippen LogP contribution in [0, 0.1) is 0 Å². The highest BCUT2D eigenvalue weighted by atomic mass is 16.8. The molecule has 2 fully saturated rings. The summed E-state index contributed by atoms with van der Waals surface area (Å²) in [7, 11) is 0. The first-order chi connectivity index (χ1) is 12.6. The molecule has 2 heterocycles. The van der Waals surface area contributed by atoms with Gasteiger partial charge >= 0.3 is 6.09 Å². The quantitative estimate of drug-likeness (QED) is 0.872. The third-order valence-corrected chi connectivity index (χ3v) is 4.80. The van der Waals surface area contributed by atoms with Crippen LogP contribution in [0.1, 0.15) is 46.6 Å². The van der Waals surface area contributed by atoms with Crippen molar-refractivity contribution in [3.05, 3.63) is 35.9 Å². The first kappa shape index (κ1) is 20.1. The van der Waals surface area contributed by atoms with Gasteiger partial charge in [0.2, 0.25) is 0 Å². The van der Waals surface area contributed by atoms with Gasteiger partial charge in [0.1, 0.15) is 11.3 Å². The monoisotopic (exact) mass is 378 g/mol. The lowest BCUT2D eigenvalue weighted by atomic mass is 10.0. The summed E-state index contributed by atoms with van der Waals surface area (Å²) in [6, 6.07) is 9.41. The van der Waals surface area contributed by atoms with Crippen molar-refractivity contribution < 1.29 is 24.2 Å². The fourth-order valence-electron chi connectivity index (χ4n) is 3.65. The number of ether oxygens (including phenoxy) is 2. The van der Waals surface area contributed by atoms with Crippen molar-refractivity contribution >= 4 is 6.09 Å². The Bertz CT molecular complexity index is 658. The van der Waals surface area contributed by atoms with Gasteiger partial charge in [-0.15, -0.1) is 0 Å². The lowest BCUT2D eigenvalue weighted by Crippen LogP contribution is -2.55. The fourth-order valence-corrected chi connectivity index (χ4v) is 3.65. The summed E-state index contributed by atoms with van der Waals surface area (Å²) in [6.07, 6.45) is -0.921. The number of nitrogens with zero attached hydrogens (tertiary/aromatic N) is 2. The Labute approximate surface area is 160 Å². The standard InChI is InChI=1S/C20H30N2O5/c1-19(2,3)26-18(24)22-16(13-25-20(22,4)5)15-11-17(23)27-21(15)12-14-9-7-6-8-10-14/h6-10,15-17,23H,11-13H2,1-5H3/t15-,16-,17?/m0/s1. The van der Waals surface area contributed by atoms with E-state index >= 15 is 0 Å². The molecule has 1 aromatic carbocycles. The van der Waals surface area contributed by atoms with Crippen LogP contribution < -0.4 is 0 Å². The van der Waals surface area contributed by atoms with Crippen molar-refractivity contribution in [2.75, 3.05) is 6.61 Å². The Hall–Kier alpha value is -1.67. The number of rotatable bonds is 3. The summed E-state index contributed by atoms with van der Waals surface area (Å²) in [5.41, 5.74) is -0.326. The Kier molecular flexibility index (Phi) is 5.49. The number of carbonyl (C=O) groups excluding carboxylic acids is 1. The van der Waals surface area contributed by atoms with E-state index in [2.05, 4.69) is 0 Å². The predicted octanol–water partition coefficient (Wildman–Crippen LogP) is 2.88. The molecule has 2 aliphatic heterocycles. The maximum Gasteiger partial charge on any atom is 0.412 e. The molecule has 0 spiro atoms. The van der Waals surface area contributed by atoms with Crippen LogP contribution in [-0.4, -0.2) is 57.5 Å². The molecule has 3 rings (SSSR count). The second kappa shape index (κ2) is 7.39. The van der Waals surface area contributed by atoms with Crippen LogP contribution in [0.15, 0.2) is 30.3 Å². The molecule has 3 atom stereocenters. The zero-order valence-corrected chi connectivity index (χ0v) is 16.7. The first-order valence-electron chi connectivity index (χ1n) is 9.38. The highest BCUT2D eigenvalue weighted by Gasteiger charge is 2.52. The van der Waals surface area contributed by atoms with Gasteiger partial charge in [0.15, 0.2) is 6.29 Å². The third kappa shape index (κ3) is 4.60. The number of carbonyl (C=O) groups is 1. The van der Waals surface area contributed by atoms with E-state index in [4.69, 9.17) is 14.3 Å². The minimum Gasteiger partial charge on any atom is -0.444 e. The zero-order chi connectivity index (χ0) is 19.8. The molecule has 150 valence electrons. The summed E-state index contributed by atoms with van der Waals surface area (Å²) < 4.78 is 11.5. The van der Waals surface area contributed by atoms with Gasteiger partial charge in [-0.2, -0.15) is 5.06 Å². The van der Waals surface area contributed by atoms with Crippen LogP contribution in [-0.2, 0) is 20.9 Å². The topological polar surface area (TPSA) is 71.5 Å². The van der Waals surface area contributed by atoms with E-state index in [9.17, 15) is 9.90 Å². The minimum atomic E-state index is -0.900. The van der Waals surface area contributed by atoms with Gasteiger partial charge in [0.25, 0.3) is 0 Å². The number of hydrogen-bond donors (Lipinski definition) is 1. The molecule has 0 aromatic heterocycles. The average Bonchev–Trinajstić information content (AvgIpc) is 3.05. The molecular weight excluding hydrogens is 348 g/mol. The van der Waals surface area contributed by atoms with Gasteiger partial charge < -0.3 is 14.6 Å². The number of hydroxylamine groups is 2. The molecule has 7 nitrogen and oxygen atoms in total. The smallest absolute Gasteiger partial charge is 0.412 e. The van der Waals surface area contributed by atoms with E-state index in [1.807, 2.05) is 65.0 Å². The van der Waals surface area contributed by atoms with E-state index in [-0.39, 0.29) is 12.1 Å². The Balaban J connectivity index is 1.81. The van der Waals surface area contributed by atoms with E-state index in [0.717, 1.165) is 5.56 Å². The molecule has 2 saturated heterocycles. The normalized spacial score (nSPS) is 28.5. The first-order valence-corrected chi connectivity index (χ1v) is 9.38. The number of amides is 1. The predicted molar refractivity (Wildman–Crippen MR) is 99.4 cm³/mol. The highest BCUT2D eigenvalue weighted by Crippen LogP contribution is 2.36. The summed E-state index contributed by atoms with van der Waals surface area (Å²) in [4.78, 5) is 20.2. The van der Waals surface area contributed by atoms with Crippen molar-refractivity contribution in [3.8, 4) is 0 Å². The molecule has 2 aliphatic rings. The van der Waals surface area contributed by atoms with Crippen molar-refractivity contribution in [2.24, 2.45) is 0 Å². The molecule has 0 bridgehead atoms. The van der Waals surface area contributed by atoms with Crippen molar-refractivity contribution in [3.63, 3.8) is 0 Å². The summed E-state index contributed by atoms with van der Waals surface area (Å²) in [6.45, 7) is 10.1. The van der Waals surface area contributed by atoms with E-state index < -0.39 is 23.7 Å². The van der Waals surface area contributed by atoms with E-state index in [0.29, 0.717) is 19.6 Å². The number of aliphatic hydroxyl groups excluding tert-OH is 1. The molecular formula is C20H30N2O5. The van der Waals surface area contributed by atoms with Crippen LogP contribution in [0.4, 0.5) is 4.79 Å². The average molecular weight is 378 g/mol. The number of hydrogen-bond acceptors (Lipinski definition) is 6. The minimum absolute atomic E-state index is 0.200. The summed E-state index contributed by atoms with van der Waals surface area (Å²) in [5, 5.41) is 11.9. The van der Waals surface area contributed by atoms with Crippen LogP contribution in [0.5, 0.6) is 0 Å². The summed E-state index contributed by atoms with van der Waals surface area (Å²) in [5.74, 6) is 0. The number of aliphatic hydroxyl groups is 1. The van der Waals surface area contributed by atoms with Crippen LogP contribution in [0.25, 0.3) is 0 Å². The summed E-state index contributed by atoms with van der Waals surface area (Å²) >= 11 is 0. The molecule has 1 aromatic rings. The molecule has 0 radical (unpaired) electrons. The largest absolute Gasteiger partial charge is 0.444 e. The Morgan fingerprint density at radius 3 is 2.56 bits per heavy atom. The lowest BCUT2D eigenvalue weighted by Gasteiger charge is -2.38. The SMILES string of the molecule is CC(C)(C)OC(=O)N1[C@H]([C@@H]2CC(O)ON2Cc2ccccc2)COC1(C)C. The maximum absolute atomic E-state index is 12.9. The van der Waals surface area contributed by atoms with Gasteiger partial charge in [-0.25, -0.2) is 4.79 Å². The Morgan fingerprint density at radius 1 is 1.26 bits per heavy atom. The molecule has 7 heteroatoms. The van der Waals surface area contributed by atoms with Crippen molar-refractivity contribution in [1.29, 1.82) is 0 Å². The second-order valence-electron chi connectivity index (χ2n) is 8.60. The number of benzene rings is 1. The van der Waals surface area contributed by atoms with E-state index in [1.165, 1.54) is 0 Å². The van der Waals surface area contributed by atoms with Crippen LogP contribution in [0.3, 0.4) is 0 Å². The lowest BCUT2D eigenvalue weighted by molar-refractivity contribution is -0.230. The molecule has 27 heavy (non-hydrogen) atoms. The van der Waals surface area contributed by atoms with Gasteiger partial charge in [-0.1, -0.05) is 30.3 Å². The molecule has 1 N–H and O–H groups in total. The maximum atomic E-state index is 12.9. The van der Waals surface area contributed by atoms with Gasteiger partial charge in [0.05, 0.1) is 18.7 Å². The molecule has 0 aliphatic carbocycles. The third-order valence-electron chi connectivity index (χ3n) is 4.80.